The lowest BCUT2D eigenvalue weighted by atomic mass is 9.45. The quantitative estimate of drug-likeness (QED) is 0.685. The lowest BCUT2D eigenvalue weighted by Crippen LogP contribution is -2.62. The molecule has 3 aliphatic carbocycles. The Kier molecular flexibility index (Phi) is 3.89. The fraction of sp³-hybridized carbons (Fsp3) is 0.950. The van der Waals surface area contributed by atoms with Crippen LogP contribution in [0.3, 0.4) is 0 Å². The molecule has 0 bridgehead atoms. The van der Waals surface area contributed by atoms with E-state index in [1.807, 2.05) is 0 Å². The summed E-state index contributed by atoms with van der Waals surface area (Å²) in [5.41, 5.74) is 1.01. The van der Waals surface area contributed by atoms with E-state index in [1.54, 1.807) is 0 Å². The van der Waals surface area contributed by atoms with E-state index in [1.165, 1.54) is 38.5 Å². The molecule has 4 fully saturated rings. The molecule has 0 radical (unpaired) electrons. The van der Waals surface area contributed by atoms with Gasteiger partial charge in [0.2, 0.25) is 5.91 Å². The van der Waals surface area contributed by atoms with Gasteiger partial charge >= 0.3 is 0 Å². The number of carbonyl (C=O) groups is 1. The molecule has 5 unspecified atom stereocenters. The largest absolute Gasteiger partial charge is 0.353 e. The Hall–Kier alpha value is -0.530. The van der Waals surface area contributed by atoms with Crippen LogP contribution >= 0.6 is 0 Å². The van der Waals surface area contributed by atoms with Crippen LogP contribution in [0.2, 0.25) is 0 Å². The van der Waals surface area contributed by atoms with E-state index in [2.05, 4.69) is 26.1 Å². The topological polar surface area (TPSA) is 29.1 Å². The number of piperidine rings is 1. The highest BCUT2D eigenvalue weighted by molar-refractivity contribution is 5.77. The highest BCUT2D eigenvalue weighted by atomic mass is 16.1. The van der Waals surface area contributed by atoms with E-state index in [9.17, 15) is 4.79 Å². The first kappa shape index (κ1) is 16.3. The number of nitrogens with one attached hydrogen (secondary N) is 1. The van der Waals surface area contributed by atoms with Gasteiger partial charge in [-0.3, -0.25) is 4.79 Å². The summed E-state index contributed by atoms with van der Waals surface area (Å²) in [5.74, 6) is 3.81. The van der Waals surface area contributed by atoms with Crippen LogP contribution in [0.25, 0.3) is 0 Å². The van der Waals surface area contributed by atoms with Gasteiger partial charge < -0.3 is 5.32 Å². The second-order valence-electron chi connectivity index (χ2n) is 9.21. The third-order valence-electron chi connectivity index (χ3n) is 8.25. The molecule has 2 nitrogen and oxygen atoms in total. The van der Waals surface area contributed by atoms with E-state index in [0.29, 0.717) is 22.8 Å². The molecule has 1 aliphatic heterocycles. The van der Waals surface area contributed by atoms with Crippen molar-refractivity contribution in [2.24, 2.45) is 34.5 Å². The molecule has 3 saturated carbocycles. The summed E-state index contributed by atoms with van der Waals surface area (Å²) in [4.78, 5) is 11.8. The molecule has 1 N–H and O–H groups in total. The number of amides is 1. The van der Waals surface area contributed by atoms with Crippen molar-refractivity contribution in [3.63, 3.8) is 0 Å². The maximum Gasteiger partial charge on any atom is 0.220 e. The van der Waals surface area contributed by atoms with Crippen LogP contribution < -0.4 is 5.32 Å². The summed E-state index contributed by atoms with van der Waals surface area (Å²) in [6, 6.07) is 0.445. The normalized spacial score (nSPS) is 53.6. The van der Waals surface area contributed by atoms with E-state index < -0.39 is 0 Å². The molecule has 0 aromatic heterocycles. The Labute approximate surface area is 136 Å². The fourth-order valence-electron chi connectivity index (χ4n) is 7.04. The van der Waals surface area contributed by atoms with Crippen LogP contribution in [-0.4, -0.2) is 11.9 Å². The summed E-state index contributed by atoms with van der Waals surface area (Å²) >= 11 is 0. The number of rotatable bonds is 0. The molecule has 0 spiro atoms. The average molecular weight is 306 g/mol. The van der Waals surface area contributed by atoms with Crippen molar-refractivity contribution in [3.8, 4) is 0 Å². The van der Waals surface area contributed by atoms with Crippen LogP contribution in [0.5, 0.6) is 0 Å². The molecular weight excluding hydrogens is 270 g/mol. The molecule has 1 heterocycles. The van der Waals surface area contributed by atoms with E-state index in [0.717, 1.165) is 36.5 Å². The number of hydrogen-bond donors (Lipinski definition) is 1. The molecule has 4 rings (SSSR count). The van der Waals surface area contributed by atoms with E-state index in [-0.39, 0.29) is 7.43 Å². The third kappa shape index (κ3) is 2.08. The van der Waals surface area contributed by atoms with Crippen LogP contribution in [0.1, 0.15) is 79.6 Å². The maximum absolute atomic E-state index is 11.8. The van der Waals surface area contributed by atoms with Gasteiger partial charge in [-0.15, -0.1) is 0 Å². The van der Waals surface area contributed by atoms with E-state index >= 15 is 0 Å². The first-order valence-corrected chi connectivity index (χ1v) is 9.23. The number of hydrogen-bond acceptors (Lipinski definition) is 1. The zero-order valence-electron chi connectivity index (χ0n) is 14.0. The van der Waals surface area contributed by atoms with Crippen molar-refractivity contribution in [2.45, 2.75) is 85.6 Å². The highest BCUT2D eigenvalue weighted by Gasteiger charge is 2.59. The van der Waals surface area contributed by atoms with Gasteiger partial charge in [0.05, 0.1) is 0 Å². The molecule has 0 aromatic carbocycles. The Morgan fingerprint density at radius 2 is 1.86 bits per heavy atom. The first-order chi connectivity index (χ1) is 9.94. The molecular formula is C20H35NO. The van der Waals surface area contributed by atoms with Gasteiger partial charge in [0, 0.05) is 12.5 Å². The molecule has 1 amide bonds. The van der Waals surface area contributed by atoms with Crippen LogP contribution in [-0.2, 0) is 4.79 Å². The zero-order chi connectivity index (χ0) is 14.8. The second-order valence-corrected chi connectivity index (χ2v) is 9.21. The third-order valence-corrected chi connectivity index (χ3v) is 8.25. The predicted octanol–water partition coefficient (Wildman–Crippen LogP) is 4.78. The molecule has 4 aliphatic rings. The van der Waals surface area contributed by atoms with Gasteiger partial charge in [-0.25, -0.2) is 0 Å². The van der Waals surface area contributed by atoms with E-state index in [4.69, 9.17) is 0 Å². The molecule has 7 atom stereocenters. The van der Waals surface area contributed by atoms with Crippen molar-refractivity contribution in [2.75, 3.05) is 0 Å². The molecule has 2 heteroatoms. The van der Waals surface area contributed by atoms with Crippen molar-refractivity contribution in [3.05, 3.63) is 0 Å². The second kappa shape index (κ2) is 5.24. The maximum atomic E-state index is 11.8. The van der Waals surface area contributed by atoms with Gasteiger partial charge in [-0.2, -0.15) is 0 Å². The van der Waals surface area contributed by atoms with Crippen LogP contribution in [0.4, 0.5) is 0 Å². The fourth-order valence-corrected chi connectivity index (χ4v) is 7.04. The molecule has 0 aromatic rings. The lowest BCUT2D eigenvalue weighted by molar-refractivity contribution is -0.141. The summed E-state index contributed by atoms with van der Waals surface area (Å²) < 4.78 is 0. The Morgan fingerprint density at radius 3 is 2.64 bits per heavy atom. The van der Waals surface area contributed by atoms with Crippen LogP contribution in [0.15, 0.2) is 0 Å². The smallest absolute Gasteiger partial charge is 0.220 e. The van der Waals surface area contributed by atoms with Crippen molar-refractivity contribution >= 4 is 5.91 Å². The number of fused-ring (bicyclic) bond motifs is 5. The van der Waals surface area contributed by atoms with Gasteiger partial charge in [0.25, 0.3) is 0 Å². The zero-order valence-corrected chi connectivity index (χ0v) is 14.0. The number of carbonyl (C=O) groups excluding carboxylic acids is 1. The van der Waals surface area contributed by atoms with Gasteiger partial charge in [0.1, 0.15) is 0 Å². The lowest BCUT2D eigenvalue weighted by Gasteiger charge is -2.61. The monoisotopic (exact) mass is 305 g/mol. The summed E-state index contributed by atoms with van der Waals surface area (Å²) in [7, 11) is 0. The standard InChI is InChI=1S/C19H31NO.CH4/c1-12-11-15-19(3,10-7-16(21)20-15)14-6-9-18(2)8-4-5-13(18)17(12)14;/h12-15,17H,4-11H2,1-3H3,(H,20,21);1H4/t12?,13?,14?,15?,17?,18-,19+;/m0./s1. The molecule has 22 heavy (non-hydrogen) atoms. The minimum absolute atomic E-state index is 0. The summed E-state index contributed by atoms with van der Waals surface area (Å²) in [5, 5.41) is 3.35. The van der Waals surface area contributed by atoms with Crippen molar-refractivity contribution in [1.29, 1.82) is 0 Å². The molecule has 1 saturated heterocycles. The van der Waals surface area contributed by atoms with Gasteiger partial charge in [-0.05, 0) is 73.0 Å². The minimum atomic E-state index is 0. The van der Waals surface area contributed by atoms with Crippen molar-refractivity contribution in [1.82, 2.24) is 5.32 Å². The Morgan fingerprint density at radius 1 is 1.09 bits per heavy atom. The van der Waals surface area contributed by atoms with Gasteiger partial charge in [0.15, 0.2) is 0 Å². The highest BCUT2D eigenvalue weighted by Crippen LogP contribution is 2.65. The van der Waals surface area contributed by atoms with Crippen LogP contribution in [0, 0.1) is 34.5 Å². The SMILES string of the molecule is C.CC1CC2NC(=O)CC[C@]2(C)C2CC[C@]3(C)CCCC3C12. The predicted molar refractivity (Wildman–Crippen MR) is 91.4 cm³/mol. The summed E-state index contributed by atoms with van der Waals surface area (Å²) in [6.45, 7) is 7.55. The van der Waals surface area contributed by atoms with Crippen molar-refractivity contribution < 1.29 is 4.79 Å². The first-order valence-electron chi connectivity index (χ1n) is 9.23. The Bertz CT molecular complexity index is 461. The van der Waals surface area contributed by atoms with Gasteiger partial charge in [-0.1, -0.05) is 34.6 Å². The molecule has 126 valence electrons. The minimum Gasteiger partial charge on any atom is -0.353 e. The average Bonchev–Trinajstić information content (AvgIpc) is 2.82. The Balaban J connectivity index is 0.00000144. The summed E-state index contributed by atoms with van der Waals surface area (Å²) in [6.07, 6.45) is 10.3.